The molecular weight excluding hydrogens is 306 g/mol. The summed E-state index contributed by atoms with van der Waals surface area (Å²) in [7, 11) is -3.14. The van der Waals surface area contributed by atoms with Crippen molar-refractivity contribution in [3.63, 3.8) is 0 Å². The lowest BCUT2D eigenvalue weighted by Crippen LogP contribution is -2.00. The molecule has 3 nitrogen and oxygen atoms in total. The monoisotopic (exact) mass is 319 g/mol. The van der Waals surface area contributed by atoms with E-state index in [2.05, 4.69) is 4.57 Å². The molecule has 0 atom stereocenters. The third kappa shape index (κ3) is 2.96. The van der Waals surface area contributed by atoms with Crippen molar-refractivity contribution in [2.45, 2.75) is 11.4 Å². The summed E-state index contributed by atoms with van der Waals surface area (Å²) in [6.45, 7) is 0.690. The van der Waals surface area contributed by atoms with Crippen LogP contribution in [0, 0.1) is 0 Å². The zero-order chi connectivity index (χ0) is 15.0. The molecule has 0 saturated heterocycles. The average Bonchev–Trinajstić information content (AvgIpc) is 2.80. The van der Waals surface area contributed by atoms with E-state index in [0.29, 0.717) is 11.4 Å². The molecule has 0 amide bonds. The molecule has 0 saturated carbocycles. The van der Waals surface area contributed by atoms with Gasteiger partial charge in [0.25, 0.3) is 0 Å². The predicted octanol–water partition coefficient (Wildman–Crippen LogP) is 3.75. The van der Waals surface area contributed by atoms with Gasteiger partial charge >= 0.3 is 0 Å². The summed E-state index contributed by atoms with van der Waals surface area (Å²) in [6, 6.07) is 14.8. The second-order valence-corrected chi connectivity index (χ2v) is 7.52. The van der Waals surface area contributed by atoms with Crippen molar-refractivity contribution in [3.8, 4) is 0 Å². The zero-order valence-electron chi connectivity index (χ0n) is 11.5. The number of nitrogens with zero attached hydrogens (tertiary/aromatic N) is 1. The van der Waals surface area contributed by atoms with Gasteiger partial charge in [-0.2, -0.15) is 0 Å². The van der Waals surface area contributed by atoms with Crippen LogP contribution in [0.15, 0.2) is 59.6 Å². The first-order chi connectivity index (χ1) is 9.93. The molecule has 0 aliphatic carbocycles. The molecule has 0 N–H and O–H groups in total. The summed E-state index contributed by atoms with van der Waals surface area (Å²) in [5.74, 6) is 0. The lowest BCUT2D eigenvalue weighted by Gasteiger charge is -2.07. The van der Waals surface area contributed by atoms with Gasteiger partial charge in [-0.05, 0) is 42.0 Å². The van der Waals surface area contributed by atoms with Crippen LogP contribution in [0.25, 0.3) is 10.9 Å². The molecule has 0 fully saturated rings. The summed E-state index contributed by atoms with van der Waals surface area (Å²) in [5.41, 5.74) is 2.15. The summed E-state index contributed by atoms with van der Waals surface area (Å²) in [5, 5.41) is 1.81. The molecule has 0 radical (unpaired) electrons. The van der Waals surface area contributed by atoms with Crippen molar-refractivity contribution in [3.05, 3.63) is 65.3 Å². The van der Waals surface area contributed by atoms with Gasteiger partial charge in [0.05, 0.1) is 4.90 Å². The van der Waals surface area contributed by atoms with Crippen LogP contribution in [0.2, 0.25) is 5.02 Å². The van der Waals surface area contributed by atoms with Crippen LogP contribution in [0.4, 0.5) is 0 Å². The molecule has 3 aromatic rings. The number of sulfone groups is 1. The topological polar surface area (TPSA) is 39.1 Å². The molecule has 0 bridgehead atoms. The van der Waals surface area contributed by atoms with Gasteiger partial charge in [-0.1, -0.05) is 23.7 Å². The van der Waals surface area contributed by atoms with Gasteiger partial charge in [0.1, 0.15) is 0 Å². The molecule has 3 rings (SSSR count). The van der Waals surface area contributed by atoms with Crippen molar-refractivity contribution in [2.75, 3.05) is 6.26 Å². The maximum absolute atomic E-state index is 11.5. The van der Waals surface area contributed by atoms with Gasteiger partial charge < -0.3 is 4.57 Å². The van der Waals surface area contributed by atoms with Crippen molar-refractivity contribution >= 4 is 32.3 Å². The van der Waals surface area contributed by atoms with E-state index < -0.39 is 9.84 Å². The van der Waals surface area contributed by atoms with Gasteiger partial charge in [0.2, 0.25) is 0 Å². The van der Waals surface area contributed by atoms with Crippen LogP contribution >= 0.6 is 11.6 Å². The SMILES string of the molecule is CS(=O)(=O)c1ccc(Cn2ccc3cc(Cl)ccc32)cc1. The Hall–Kier alpha value is -1.78. The number of hydrogen-bond donors (Lipinski definition) is 0. The normalized spacial score (nSPS) is 11.9. The third-order valence-electron chi connectivity index (χ3n) is 3.44. The molecular formula is C16H14ClNO2S. The number of fused-ring (bicyclic) bond motifs is 1. The lowest BCUT2D eigenvalue weighted by molar-refractivity contribution is 0.602. The first kappa shape index (κ1) is 14.2. The molecule has 21 heavy (non-hydrogen) atoms. The first-order valence-electron chi connectivity index (χ1n) is 6.47. The Labute approximate surface area is 128 Å². The second kappa shape index (κ2) is 5.20. The Bertz CT molecular complexity index is 896. The smallest absolute Gasteiger partial charge is 0.175 e. The largest absolute Gasteiger partial charge is 0.343 e. The highest BCUT2D eigenvalue weighted by atomic mass is 35.5. The molecule has 2 aromatic carbocycles. The lowest BCUT2D eigenvalue weighted by atomic mass is 10.2. The van der Waals surface area contributed by atoms with Crippen LogP contribution in [-0.4, -0.2) is 19.2 Å². The number of rotatable bonds is 3. The molecule has 0 unspecified atom stereocenters. The van der Waals surface area contributed by atoms with E-state index in [1.807, 2.05) is 42.6 Å². The fourth-order valence-corrected chi connectivity index (χ4v) is 3.16. The van der Waals surface area contributed by atoms with E-state index in [4.69, 9.17) is 11.6 Å². The summed E-state index contributed by atoms with van der Waals surface area (Å²) in [4.78, 5) is 0.343. The minimum atomic E-state index is -3.14. The summed E-state index contributed by atoms with van der Waals surface area (Å²) < 4.78 is 25.0. The van der Waals surface area contributed by atoms with Crippen LogP contribution in [-0.2, 0) is 16.4 Å². The maximum atomic E-state index is 11.5. The zero-order valence-corrected chi connectivity index (χ0v) is 13.0. The van der Waals surface area contributed by atoms with Crippen molar-refractivity contribution in [2.24, 2.45) is 0 Å². The third-order valence-corrected chi connectivity index (χ3v) is 4.80. The Morgan fingerprint density at radius 3 is 2.43 bits per heavy atom. The fraction of sp³-hybridized carbons (Fsp3) is 0.125. The molecule has 5 heteroatoms. The van der Waals surface area contributed by atoms with E-state index in [1.165, 1.54) is 6.26 Å². The Balaban J connectivity index is 1.92. The van der Waals surface area contributed by atoms with Crippen molar-refractivity contribution in [1.29, 1.82) is 0 Å². The standard InChI is InChI=1S/C16H14ClNO2S/c1-21(19,20)15-5-2-12(3-6-15)11-18-9-8-13-10-14(17)4-7-16(13)18/h2-10H,11H2,1H3. The van der Waals surface area contributed by atoms with Gasteiger partial charge in [0.15, 0.2) is 9.84 Å². The highest BCUT2D eigenvalue weighted by molar-refractivity contribution is 7.90. The molecule has 1 heterocycles. The first-order valence-corrected chi connectivity index (χ1v) is 8.74. The minimum Gasteiger partial charge on any atom is -0.343 e. The number of hydrogen-bond acceptors (Lipinski definition) is 2. The van der Waals surface area contributed by atoms with E-state index in [0.717, 1.165) is 21.5 Å². The van der Waals surface area contributed by atoms with E-state index >= 15 is 0 Å². The highest BCUT2D eigenvalue weighted by Gasteiger charge is 2.07. The van der Waals surface area contributed by atoms with E-state index in [1.54, 1.807) is 12.1 Å². The Morgan fingerprint density at radius 2 is 1.76 bits per heavy atom. The quantitative estimate of drug-likeness (QED) is 0.737. The highest BCUT2D eigenvalue weighted by Crippen LogP contribution is 2.21. The number of aromatic nitrogens is 1. The van der Waals surface area contributed by atoms with Gasteiger partial charge in [0, 0.05) is 34.9 Å². The maximum Gasteiger partial charge on any atom is 0.175 e. The molecule has 1 aromatic heterocycles. The van der Waals surface area contributed by atoms with Crippen LogP contribution in [0.5, 0.6) is 0 Å². The van der Waals surface area contributed by atoms with Gasteiger partial charge in [-0.15, -0.1) is 0 Å². The van der Waals surface area contributed by atoms with Crippen molar-refractivity contribution < 1.29 is 8.42 Å². The van der Waals surface area contributed by atoms with Crippen LogP contribution < -0.4 is 0 Å². The summed E-state index contributed by atoms with van der Waals surface area (Å²) in [6.07, 6.45) is 3.22. The Morgan fingerprint density at radius 1 is 1.05 bits per heavy atom. The van der Waals surface area contributed by atoms with E-state index in [9.17, 15) is 8.42 Å². The van der Waals surface area contributed by atoms with Gasteiger partial charge in [-0.3, -0.25) is 0 Å². The van der Waals surface area contributed by atoms with E-state index in [-0.39, 0.29) is 0 Å². The van der Waals surface area contributed by atoms with Crippen molar-refractivity contribution in [1.82, 2.24) is 4.57 Å². The fourth-order valence-electron chi connectivity index (χ4n) is 2.35. The van der Waals surface area contributed by atoms with Crippen LogP contribution in [0.1, 0.15) is 5.56 Å². The molecule has 0 aliphatic rings. The molecule has 0 aliphatic heterocycles. The Kier molecular flexibility index (Phi) is 3.51. The average molecular weight is 320 g/mol. The summed E-state index contributed by atoms with van der Waals surface area (Å²) >= 11 is 5.98. The minimum absolute atomic E-state index is 0.343. The number of halogens is 1. The number of benzene rings is 2. The van der Waals surface area contributed by atoms with Gasteiger partial charge in [-0.25, -0.2) is 8.42 Å². The second-order valence-electron chi connectivity index (χ2n) is 5.06. The molecule has 0 spiro atoms. The predicted molar refractivity (Wildman–Crippen MR) is 85.6 cm³/mol. The van der Waals surface area contributed by atoms with Crippen LogP contribution in [0.3, 0.4) is 0 Å². The molecule has 108 valence electrons.